The van der Waals surface area contributed by atoms with Crippen LogP contribution in [0.5, 0.6) is 0 Å². The third-order valence-corrected chi connectivity index (χ3v) is 6.19. The lowest BCUT2D eigenvalue weighted by molar-refractivity contribution is -0.121. The van der Waals surface area contributed by atoms with Crippen LogP contribution < -0.4 is 16.0 Å². The fourth-order valence-electron chi connectivity index (χ4n) is 3.49. The van der Waals surface area contributed by atoms with E-state index in [1.807, 2.05) is 6.07 Å². The SMILES string of the molecule is CN=C(NCCC(=O)NC1CCCCC1)NCc1ccc(S(C)(=O)=O)c(C)c1.I. The minimum atomic E-state index is -3.21. The van der Waals surface area contributed by atoms with Gasteiger partial charge in [0.2, 0.25) is 5.91 Å². The summed E-state index contributed by atoms with van der Waals surface area (Å²) in [5, 5.41) is 9.43. The van der Waals surface area contributed by atoms with Gasteiger partial charge in [-0.15, -0.1) is 24.0 Å². The van der Waals surface area contributed by atoms with Crippen molar-refractivity contribution in [2.24, 2.45) is 4.99 Å². The number of hydrogen-bond acceptors (Lipinski definition) is 4. The Hall–Kier alpha value is -1.36. The lowest BCUT2D eigenvalue weighted by atomic mass is 9.95. The number of carbonyl (C=O) groups excluding carboxylic acids is 1. The fraction of sp³-hybridized carbons (Fsp3) is 0.600. The van der Waals surface area contributed by atoms with Crippen LogP contribution in [-0.4, -0.2) is 46.2 Å². The Balaban J connectivity index is 0.00000420. The summed E-state index contributed by atoms with van der Waals surface area (Å²) in [5.41, 5.74) is 1.69. The summed E-state index contributed by atoms with van der Waals surface area (Å²) in [5.74, 6) is 0.678. The summed E-state index contributed by atoms with van der Waals surface area (Å²) in [7, 11) is -1.54. The number of benzene rings is 1. The van der Waals surface area contributed by atoms with Crippen molar-refractivity contribution >= 4 is 45.7 Å². The molecule has 29 heavy (non-hydrogen) atoms. The van der Waals surface area contributed by atoms with Gasteiger partial charge in [0.15, 0.2) is 15.8 Å². The third kappa shape index (κ3) is 8.90. The molecule has 0 atom stereocenters. The van der Waals surface area contributed by atoms with Crippen molar-refractivity contribution in [1.29, 1.82) is 0 Å². The first-order valence-corrected chi connectivity index (χ1v) is 11.7. The molecule has 1 amide bonds. The van der Waals surface area contributed by atoms with Gasteiger partial charge in [0, 0.05) is 38.9 Å². The van der Waals surface area contributed by atoms with Crippen LogP contribution in [0.4, 0.5) is 0 Å². The van der Waals surface area contributed by atoms with Crippen molar-refractivity contribution in [2.45, 2.75) is 62.9 Å². The second-order valence-electron chi connectivity index (χ2n) is 7.38. The smallest absolute Gasteiger partial charge is 0.221 e. The van der Waals surface area contributed by atoms with Gasteiger partial charge in [0.1, 0.15) is 0 Å². The van der Waals surface area contributed by atoms with Crippen molar-refractivity contribution < 1.29 is 13.2 Å². The highest BCUT2D eigenvalue weighted by atomic mass is 127. The molecule has 2 rings (SSSR count). The van der Waals surface area contributed by atoms with Gasteiger partial charge in [-0.3, -0.25) is 9.79 Å². The van der Waals surface area contributed by atoms with Crippen molar-refractivity contribution in [3.05, 3.63) is 29.3 Å². The van der Waals surface area contributed by atoms with E-state index < -0.39 is 9.84 Å². The van der Waals surface area contributed by atoms with Crippen LogP contribution in [0.15, 0.2) is 28.1 Å². The number of carbonyl (C=O) groups is 1. The average molecular weight is 536 g/mol. The number of amides is 1. The standard InChI is InChI=1S/C20H32N4O3S.HI/c1-15-13-16(9-10-18(15)28(3,26)27)14-23-20(21-2)22-12-11-19(25)24-17-7-5-4-6-8-17;/h9-10,13,17H,4-8,11-12,14H2,1-3H3,(H,24,25)(H2,21,22,23);1H. The maximum absolute atomic E-state index is 12.1. The van der Waals surface area contributed by atoms with Crippen LogP contribution in [-0.2, 0) is 21.2 Å². The zero-order chi connectivity index (χ0) is 20.6. The Morgan fingerprint density at radius 1 is 1.17 bits per heavy atom. The van der Waals surface area contributed by atoms with Crippen LogP contribution in [0.2, 0.25) is 0 Å². The predicted molar refractivity (Wildman–Crippen MR) is 128 cm³/mol. The molecule has 3 N–H and O–H groups in total. The maximum Gasteiger partial charge on any atom is 0.221 e. The fourth-order valence-corrected chi connectivity index (χ4v) is 4.44. The molecule has 7 nitrogen and oxygen atoms in total. The molecule has 0 bridgehead atoms. The zero-order valence-electron chi connectivity index (χ0n) is 17.5. The van der Waals surface area contributed by atoms with Gasteiger partial charge in [-0.05, 0) is 37.0 Å². The minimum Gasteiger partial charge on any atom is -0.356 e. The maximum atomic E-state index is 12.1. The van der Waals surface area contributed by atoms with Crippen LogP contribution in [0, 0.1) is 6.92 Å². The summed E-state index contributed by atoms with van der Waals surface area (Å²) < 4.78 is 23.4. The quantitative estimate of drug-likeness (QED) is 0.283. The number of sulfone groups is 1. The number of halogens is 1. The van der Waals surface area contributed by atoms with E-state index in [1.165, 1.54) is 25.5 Å². The normalized spacial score (nSPS) is 15.3. The molecule has 1 aliphatic carbocycles. The third-order valence-electron chi connectivity index (χ3n) is 4.94. The number of nitrogens with zero attached hydrogens (tertiary/aromatic N) is 1. The summed E-state index contributed by atoms with van der Waals surface area (Å²) in [6.07, 6.45) is 7.45. The summed E-state index contributed by atoms with van der Waals surface area (Å²) in [6, 6.07) is 5.61. The first-order chi connectivity index (χ1) is 13.3. The van der Waals surface area contributed by atoms with Crippen LogP contribution in [0.3, 0.4) is 0 Å². The first-order valence-electron chi connectivity index (χ1n) is 9.83. The second kappa shape index (κ2) is 12.4. The van der Waals surface area contributed by atoms with E-state index in [2.05, 4.69) is 20.9 Å². The highest BCUT2D eigenvalue weighted by Gasteiger charge is 2.15. The molecule has 0 heterocycles. The Kier molecular flexibility index (Phi) is 10.9. The van der Waals surface area contributed by atoms with Crippen molar-refractivity contribution in [3.8, 4) is 0 Å². The summed E-state index contributed by atoms with van der Waals surface area (Å²) in [4.78, 5) is 16.6. The number of guanidine groups is 1. The van der Waals surface area contributed by atoms with Gasteiger partial charge < -0.3 is 16.0 Å². The van der Waals surface area contributed by atoms with Crippen LogP contribution >= 0.6 is 24.0 Å². The Labute approximate surface area is 191 Å². The molecule has 1 aromatic carbocycles. The molecule has 0 unspecified atom stereocenters. The molecule has 1 saturated carbocycles. The monoisotopic (exact) mass is 536 g/mol. The predicted octanol–water partition coefficient (Wildman–Crippen LogP) is 2.52. The molecule has 164 valence electrons. The first kappa shape index (κ1) is 25.7. The van der Waals surface area contributed by atoms with Crippen LogP contribution in [0.1, 0.15) is 49.7 Å². The van der Waals surface area contributed by atoms with Gasteiger partial charge >= 0.3 is 0 Å². The van der Waals surface area contributed by atoms with Crippen molar-refractivity contribution in [1.82, 2.24) is 16.0 Å². The number of hydrogen-bond donors (Lipinski definition) is 3. The van der Waals surface area contributed by atoms with E-state index in [0.29, 0.717) is 36.4 Å². The van der Waals surface area contributed by atoms with E-state index in [0.717, 1.165) is 24.0 Å². The summed E-state index contributed by atoms with van der Waals surface area (Å²) >= 11 is 0. The molecule has 1 fully saturated rings. The van der Waals surface area contributed by atoms with E-state index in [9.17, 15) is 13.2 Å². The number of nitrogens with one attached hydrogen (secondary N) is 3. The molecule has 1 aliphatic rings. The van der Waals surface area contributed by atoms with Gasteiger partial charge in [0.25, 0.3) is 0 Å². The second-order valence-corrected chi connectivity index (χ2v) is 9.36. The lowest BCUT2D eigenvalue weighted by Crippen LogP contribution is -2.41. The van der Waals surface area contributed by atoms with E-state index in [1.54, 1.807) is 26.1 Å². The zero-order valence-corrected chi connectivity index (χ0v) is 20.6. The van der Waals surface area contributed by atoms with Crippen LogP contribution in [0.25, 0.3) is 0 Å². The van der Waals surface area contributed by atoms with E-state index in [-0.39, 0.29) is 29.9 Å². The molecule has 1 aromatic rings. The minimum absolute atomic E-state index is 0. The molecule has 0 aromatic heterocycles. The van der Waals surface area contributed by atoms with E-state index >= 15 is 0 Å². The highest BCUT2D eigenvalue weighted by Crippen LogP contribution is 2.17. The van der Waals surface area contributed by atoms with Crippen molar-refractivity contribution in [2.75, 3.05) is 19.8 Å². The Morgan fingerprint density at radius 2 is 1.86 bits per heavy atom. The number of rotatable bonds is 7. The number of aliphatic imine (C=N–C) groups is 1. The van der Waals surface area contributed by atoms with E-state index in [4.69, 9.17) is 0 Å². The van der Waals surface area contributed by atoms with Crippen molar-refractivity contribution in [3.63, 3.8) is 0 Å². The molecular formula is C20H33IN4O3S. The molecular weight excluding hydrogens is 503 g/mol. The van der Waals surface area contributed by atoms with Gasteiger partial charge in [-0.1, -0.05) is 31.4 Å². The topological polar surface area (TPSA) is 99.7 Å². The highest BCUT2D eigenvalue weighted by molar-refractivity contribution is 14.0. The largest absolute Gasteiger partial charge is 0.356 e. The Bertz CT molecular complexity index is 806. The summed E-state index contributed by atoms with van der Waals surface area (Å²) in [6.45, 7) is 2.81. The number of aryl methyl sites for hydroxylation is 1. The van der Waals surface area contributed by atoms with Gasteiger partial charge in [-0.2, -0.15) is 0 Å². The van der Waals surface area contributed by atoms with Gasteiger partial charge in [0.05, 0.1) is 4.90 Å². The molecule has 0 saturated heterocycles. The average Bonchev–Trinajstić information content (AvgIpc) is 2.64. The lowest BCUT2D eigenvalue weighted by Gasteiger charge is -2.22. The Morgan fingerprint density at radius 3 is 2.45 bits per heavy atom. The molecule has 0 aliphatic heterocycles. The van der Waals surface area contributed by atoms with Gasteiger partial charge in [-0.25, -0.2) is 8.42 Å². The molecule has 9 heteroatoms. The molecule has 0 radical (unpaired) electrons. The molecule has 0 spiro atoms.